The highest BCUT2D eigenvalue weighted by atomic mass is 31.2. The number of hydrogen-bond donors (Lipinski definition) is 1. The first-order valence-corrected chi connectivity index (χ1v) is 6.20. The maximum atomic E-state index is 10.9. The number of benzene rings is 1. The summed E-state index contributed by atoms with van der Waals surface area (Å²) in [6.07, 6.45) is 0.367. The van der Waals surface area contributed by atoms with Gasteiger partial charge in [-0.25, -0.2) is 4.57 Å². The van der Waals surface area contributed by atoms with Crippen LogP contribution in [0.3, 0.4) is 0 Å². The van der Waals surface area contributed by atoms with Crippen LogP contribution in [-0.2, 0) is 20.0 Å². The van der Waals surface area contributed by atoms with E-state index in [1.54, 1.807) is 12.1 Å². The van der Waals surface area contributed by atoms with Crippen molar-refractivity contribution in [3.63, 3.8) is 0 Å². The lowest BCUT2D eigenvalue weighted by atomic mass is 10.1. The molecule has 7 nitrogen and oxygen atoms in total. The lowest BCUT2D eigenvalue weighted by Gasteiger charge is -2.08. The maximum absolute atomic E-state index is 10.9. The molecule has 1 unspecified atom stereocenters. The van der Waals surface area contributed by atoms with Crippen molar-refractivity contribution in [1.29, 1.82) is 0 Å². The van der Waals surface area contributed by atoms with Crippen molar-refractivity contribution in [2.24, 2.45) is 0 Å². The molecule has 1 aromatic carbocycles. The van der Waals surface area contributed by atoms with E-state index in [4.69, 9.17) is 4.89 Å². The van der Waals surface area contributed by atoms with Crippen molar-refractivity contribution < 1.29 is 23.4 Å². The Morgan fingerprint density at radius 2 is 2.00 bits per heavy atom. The molecule has 0 saturated heterocycles. The Labute approximate surface area is 97.8 Å². The van der Waals surface area contributed by atoms with Crippen LogP contribution >= 0.6 is 7.82 Å². The molecule has 17 heavy (non-hydrogen) atoms. The first-order valence-electron chi connectivity index (χ1n) is 4.71. The summed E-state index contributed by atoms with van der Waals surface area (Å²) in [6.45, 7) is -0.000567. The summed E-state index contributed by atoms with van der Waals surface area (Å²) < 4.78 is 19.8. The second-order valence-electron chi connectivity index (χ2n) is 3.16. The lowest BCUT2D eigenvalue weighted by Crippen LogP contribution is -1.98. The molecule has 94 valence electrons. The van der Waals surface area contributed by atoms with Crippen LogP contribution in [0.5, 0.6) is 0 Å². The molecule has 1 N–H and O–H groups in total. The number of phosphoric acid groups is 1. The van der Waals surface area contributed by atoms with E-state index >= 15 is 0 Å². The molecule has 0 radical (unpaired) electrons. The highest BCUT2D eigenvalue weighted by Crippen LogP contribution is 2.41. The minimum absolute atomic E-state index is 0.000565. The van der Waals surface area contributed by atoms with Gasteiger partial charge in [-0.05, 0) is 12.0 Å². The van der Waals surface area contributed by atoms with Crippen molar-refractivity contribution in [1.82, 2.24) is 0 Å². The van der Waals surface area contributed by atoms with Gasteiger partial charge in [-0.2, -0.15) is 0 Å². The maximum Gasteiger partial charge on any atom is 0.471 e. The SMILES string of the molecule is COP(=O)(O)OCCc1ccc([N+](=O)[O-])cc1. The van der Waals surface area contributed by atoms with Gasteiger partial charge in [-0.3, -0.25) is 19.2 Å². The van der Waals surface area contributed by atoms with Crippen LogP contribution in [0.15, 0.2) is 24.3 Å². The Morgan fingerprint density at radius 1 is 1.41 bits per heavy atom. The molecule has 0 aliphatic rings. The molecule has 1 rings (SSSR count). The molecule has 0 aliphatic carbocycles. The molecule has 0 saturated carbocycles. The minimum Gasteiger partial charge on any atom is -0.303 e. The van der Waals surface area contributed by atoms with E-state index in [2.05, 4.69) is 9.05 Å². The Hall–Kier alpha value is -1.27. The quantitative estimate of drug-likeness (QED) is 0.477. The number of phosphoric ester groups is 1. The van der Waals surface area contributed by atoms with Gasteiger partial charge in [-0.1, -0.05) is 12.1 Å². The van der Waals surface area contributed by atoms with Gasteiger partial charge in [0, 0.05) is 19.2 Å². The number of hydrogen-bond acceptors (Lipinski definition) is 5. The normalized spacial score (nSPS) is 14.2. The second-order valence-corrected chi connectivity index (χ2v) is 4.72. The first kappa shape index (κ1) is 13.8. The molecule has 0 aliphatic heterocycles. The van der Waals surface area contributed by atoms with Gasteiger partial charge >= 0.3 is 7.82 Å². The van der Waals surface area contributed by atoms with E-state index in [1.165, 1.54) is 12.1 Å². The van der Waals surface area contributed by atoms with Crippen LogP contribution in [0.2, 0.25) is 0 Å². The molecule has 0 spiro atoms. The monoisotopic (exact) mass is 261 g/mol. The highest BCUT2D eigenvalue weighted by Gasteiger charge is 2.17. The van der Waals surface area contributed by atoms with Crippen molar-refractivity contribution in [3.05, 3.63) is 39.9 Å². The smallest absolute Gasteiger partial charge is 0.303 e. The van der Waals surface area contributed by atoms with Crippen LogP contribution in [0.1, 0.15) is 5.56 Å². The van der Waals surface area contributed by atoms with E-state index in [1.807, 2.05) is 0 Å². The molecule has 1 aromatic rings. The third-order valence-electron chi connectivity index (χ3n) is 2.02. The molecule has 8 heteroatoms. The summed E-state index contributed by atoms with van der Waals surface area (Å²) in [5.74, 6) is 0. The van der Waals surface area contributed by atoms with Crippen molar-refractivity contribution >= 4 is 13.5 Å². The van der Waals surface area contributed by atoms with Crippen LogP contribution in [0.4, 0.5) is 5.69 Å². The lowest BCUT2D eigenvalue weighted by molar-refractivity contribution is -0.384. The zero-order valence-electron chi connectivity index (χ0n) is 9.11. The fourth-order valence-corrected chi connectivity index (χ4v) is 1.54. The Balaban J connectivity index is 2.48. The number of rotatable bonds is 6. The zero-order valence-corrected chi connectivity index (χ0v) is 10.0. The van der Waals surface area contributed by atoms with Gasteiger partial charge in [0.05, 0.1) is 11.5 Å². The Morgan fingerprint density at radius 3 is 2.47 bits per heavy atom. The Kier molecular flexibility index (Phi) is 4.77. The van der Waals surface area contributed by atoms with Gasteiger partial charge < -0.3 is 4.89 Å². The number of nitrogens with zero attached hydrogens (tertiary/aromatic N) is 1. The van der Waals surface area contributed by atoms with E-state index in [0.717, 1.165) is 12.7 Å². The van der Waals surface area contributed by atoms with Crippen LogP contribution in [0, 0.1) is 10.1 Å². The third-order valence-corrected chi connectivity index (χ3v) is 2.99. The fourth-order valence-electron chi connectivity index (χ4n) is 1.12. The summed E-state index contributed by atoms with van der Waals surface area (Å²) in [5.41, 5.74) is 0.770. The molecular formula is C9H12NO6P. The van der Waals surface area contributed by atoms with Crippen LogP contribution < -0.4 is 0 Å². The minimum atomic E-state index is -3.94. The first-order chi connectivity index (χ1) is 7.94. The summed E-state index contributed by atoms with van der Waals surface area (Å²) in [5, 5.41) is 10.4. The number of non-ortho nitro benzene ring substituents is 1. The Bertz CT molecular complexity index is 432. The second kappa shape index (κ2) is 5.88. The topological polar surface area (TPSA) is 98.9 Å². The van der Waals surface area contributed by atoms with Crippen molar-refractivity contribution in [2.45, 2.75) is 6.42 Å². The molecule has 0 aromatic heterocycles. The molecule has 0 fully saturated rings. The molecular weight excluding hydrogens is 249 g/mol. The average molecular weight is 261 g/mol. The van der Waals surface area contributed by atoms with E-state index < -0.39 is 12.7 Å². The standard InChI is InChI=1S/C9H12NO6P/c1-15-17(13,14)16-7-6-8-2-4-9(5-3-8)10(11)12/h2-5H,6-7H2,1H3,(H,13,14). The summed E-state index contributed by atoms with van der Waals surface area (Å²) in [7, 11) is -2.87. The number of nitro benzene ring substituents is 1. The summed E-state index contributed by atoms with van der Waals surface area (Å²) in [4.78, 5) is 18.8. The van der Waals surface area contributed by atoms with Gasteiger partial charge in [-0.15, -0.1) is 0 Å². The van der Waals surface area contributed by atoms with Gasteiger partial charge in [0.25, 0.3) is 5.69 Å². The van der Waals surface area contributed by atoms with E-state index in [9.17, 15) is 14.7 Å². The summed E-state index contributed by atoms with van der Waals surface area (Å²) >= 11 is 0. The largest absolute Gasteiger partial charge is 0.471 e. The number of nitro groups is 1. The summed E-state index contributed by atoms with van der Waals surface area (Å²) in [6, 6.07) is 5.86. The average Bonchev–Trinajstić information content (AvgIpc) is 2.29. The predicted octanol–water partition coefficient (Wildman–Crippen LogP) is 1.90. The van der Waals surface area contributed by atoms with E-state index in [-0.39, 0.29) is 12.3 Å². The van der Waals surface area contributed by atoms with Gasteiger partial charge in [0.15, 0.2) is 0 Å². The highest BCUT2D eigenvalue weighted by molar-refractivity contribution is 7.47. The van der Waals surface area contributed by atoms with Crippen LogP contribution in [-0.4, -0.2) is 23.5 Å². The zero-order chi connectivity index (χ0) is 12.9. The molecule has 1 atom stereocenters. The third kappa shape index (κ3) is 4.62. The molecule has 0 bridgehead atoms. The molecule has 0 amide bonds. The van der Waals surface area contributed by atoms with Gasteiger partial charge in [0.1, 0.15) is 0 Å². The van der Waals surface area contributed by atoms with Crippen molar-refractivity contribution in [3.8, 4) is 0 Å². The molecule has 0 heterocycles. The van der Waals surface area contributed by atoms with E-state index in [0.29, 0.717) is 6.42 Å². The fraction of sp³-hybridized carbons (Fsp3) is 0.333. The predicted molar refractivity (Wildman–Crippen MR) is 59.6 cm³/mol. The van der Waals surface area contributed by atoms with Crippen LogP contribution in [0.25, 0.3) is 0 Å². The van der Waals surface area contributed by atoms with Gasteiger partial charge in [0.2, 0.25) is 0 Å². The van der Waals surface area contributed by atoms with Crippen molar-refractivity contribution in [2.75, 3.05) is 13.7 Å².